The van der Waals surface area contributed by atoms with Gasteiger partial charge in [0.05, 0.1) is 11.8 Å². The number of ether oxygens (including phenoxy) is 1. The maximum Gasteiger partial charge on any atom is 0.242 e. The van der Waals surface area contributed by atoms with Gasteiger partial charge in [-0.15, -0.1) is 0 Å². The van der Waals surface area contributed by atoms with Crippen LogP contribution in [0.15, 0.2) is 29.2 Å². The number of sulfonamides is 1. The Bertz CT molecular complexity index is 552. The van der Waals surface area contributed by atoms with Gasteiger partial charge in [0.15, 0.2) is 0 Å². The second-order valence-electron chi connectivity index (χ2n) is 5.62. The van der Waals surface area contributed by atoms with Crippen LogP contribution in [-0.2, 0) is 14.8 Å². The van der Waals surface area contributed by atoms with Gasteiger partial charge in [-0.2, -0.15) is 0 Å². The fourth-order valence-corrected chi connectivity index (χ4v) is 3.90. The second kappa shape index (κ2) is 7.24. The highest BCUT2D eigenvalue weighted by Crippen LogP contribution is 2.22. The van der Waals surface area contributed by atoms with Crippen molar-refractivity contribution in [1.29, 1.82) is 0 Å². The van der Waals surface area contributed by atoms with E-state index in [1.54, 1.807) is 18.2 Å². The third-order valence-electron chi connectivity index (χ3n) is 3.37. The van der Waals surface area contributed by atoms with Gasteiger partial charge in [0.2, 0.25) is 10.0 Å². The summed E-state index contributed by atoms with van der Waals surface area (Å²) in [4.78, 5) is 0.297. The first kappa shape index (κ1) is 16.3. The van der Waals surface area contributed by atoms with E-state index in [0.717, 1.165) is 25.9 Å². The predicted molar refractivity (Wildman–Crippen MR) is 84.0 cm³/mol. The minimum Gasteiger partial charge on any atom is -0.384 e. The molecular weight excluding hydrogens is 288 g/mol. The molecule has 1 aromatic carbocycles. The first-order chi connectivity index (χ1) is 9.99. The highest BCUT2D eigenvalue weighted by Gasteiger charge is 2.19. The fourth-order valence-electron chi connectivity index (χ4n) is 2.46. The summed E-state index contributed by atoms with van der Waals surface area (Å²) in [6.07, 6.45) is 3.41. The van der Waals surface area contributed by atoms with Crippen molar-refractivity contribution in [2.24, 2.45) is 0 Å². The maximum atomic E-state index is 12.3. The molecule has 1 heterocycles. The second-order valence-corrected chi connectivity index (χ2v) is 7.31. The molecule has 0 radical (unpaired) electrons. The average molecular weight is 312 g/mol. The zero-order valence-corrected chi connectivity index (χ0v) is 13.4. The van der Waals surface area contributed by atoms with E-state index in [9.17, 15) is 8.42 Å². The Hall–Kier alpha value is -1.11. The molecule has 5 nitrogen and oxygen atoms in total. The van der Waals surface area contributed by atoms with E-state index in [4.69, 9.17) is 4.74 Å². The third kappa shape index (κ3) is 4.69. The Labute approximate surface area is 127 Å². The molecule has 1 aliphatic heterocycles. The summed E-state index contributed by atoms with van der Waals surface area (Å²) in [6, 6.07) is 6.86. The van der Waals surface area contributed by atoms with Crippen molar-refractivity contribution in [2.45, 2.75) is 50.2 Å². The quantitative estimate of drug-likeness (QED) is 0.811. The van der Waals surface area contributed by atoms with Crippen molar-refractivity contribution in [3.63, 3.8) is 0 Å². The molecule has 1 aromatic rings. The van der Waals surface area contributed by atoms with Crippen molar-refractivity contribution in [3.8, 4) is 0 Å². The van der Waals surface area contributed by atoms with Crippen LogP contribution in [0.2, 0.25) is 0 Å². The number of rotatable bonds is 7. The zero-order valence-electron chi connectivity index (χ0n) is 12.6. The molecule has 118 valence electrons. The summed E-state index contributed by atoms with van der Waals surface area (Å²) in [6.45, 7) is 5.17. The van der Waals surface area contributed by atoms with Gasteiger partial charge in [-0.25, -0.2) is 13.1 Å². The van der Waals surface area contributed by atoms with Gasteiger partial charge in [-0.3, -0.25) is 0 Å². The van der Waals surface area contributed by atoms with E-state index < -0.39 is 10.0 Å². The normalized spacial score (nSPS) is 19.1. The van der Waals surface area contributed by atoms with Gasteiger partial charge >= 0.3 is 0 Å². The first-order valence-corrected chi connectivity index (χ1v) is 8.94. The molecule has 6 heteroatoms. The fraction of sp³-hybridized carbons (Fsp3) is 0.600. The van der Waals surface area contributed by atoms with Gasteiger partial charge in [0, 0.05) is 19.2 Å². The van der Waals surface area contributed by atoms with Crippen molar-refractivity contribution in [3.05, 3.63) is 24.3 Å². The van der Waals surface area contributed by atoms with Crippen molar-refractivity contribution in [1.82, 2.24) is 4.72 Å². The lowest BCUT2D eigenvalue weighted by Gasteiger charge is -2.16. The Morgan fingerprint density at radius 3 is 2.76 bits per heavy atom. The first-order valence-electron chi connectivity index (χ1n) is 7.46. The van der Waals surface area contributed by atoms with E-state index in [0.29, 0.717) is 23.2 Å². The van der Waals surface area contributed by atoms with Gasteiger partial charge in [0.25, 0.3) is 0 Å². The molecule has 1 saturated heterocycles. The van der Waals surface area contributed by atoms with E-state index >= 15 is 0 Å². The molecule has 0 aromatic heterocycles. The Kier molecular flexibility index (Phi) is 5.61. The molecule has 1 unspecified atom stereocenters. The molecule has 1 fully saturated rings. The lowest BCUT2D eigenvalue weighted by molar-refractivity contribution is 0.107. The van der Waals surface area contributed by atoms with Crippen LogP contribution in [0.4, 0.5) is 5.69 Å². The number of para-hydroxylation sites is 1. The summed E-state index contributed by atoms with van der Waals surface area (Å²) in [5, 5.41) is 3.22. The Balaban J connectivity index is 2.02. The summed E-state index contributed by atoms with van der Waals surface area (Å²) < 4.78 is 32.8. The number of anilines is 1. The SMILES string of the molecule is CC(C)NS(=O)(=O)c1ccccc1NCCC1CCCO1. The maximum absolute atomic E-state index is 12.3. The van der Waals surface area contributed by atoms with Crippen LogP contribution in [0.3, 0.4) is 0 Å². The summed E-state index contributed by atoms with van der Waals surface area (Å²) in [7, 11) is -3.48. The Morgan fingerprint density at radius 2 is 2.10 bits per heavy atom. The molecule has 2 N–H and O–H groups in total. The van der Waals surface area contributed by atoms with E-state index in [1.807, 2.05) is 19.9 Å². The lowest BCUT2D eigenvalue weighted by atomic mass is 10.2. The molecule has 0 bridgehead atoms. The molecule has 0 aliphatic carbocycles. The van der Waals surface area contributed by atoms with Gasteiger partial charge in [-0.1, -0.05) is 12.1 Å². The van der Waals surface area contributed by atoms with Crippen LogP contribution in [0, 0.1) is 0 Å². The molecule has 2 rings (SSSR count). The minimum absolute atomic E-state index is 0.130. The van der Waals surface area contributed by atoms with Crippen LogP contribution in [0.5, 0.6) is 0 Å². The predicted octanol–water partition coefficient (Wildman–Crippen LogP) is 2.35. The highest BCUT2D eigenvalue weighted by molar-refractivity contribution is 7.89. The lowest BCUT2D eigenvalue weighted by Crippen LogP contribution is -2.30. The van der Waals surface area contributed by atoms with Crippen LogP contribution in [-0.4, -0.2) is 33.7 Å². The number of hydrogen-bond donors (Lipinski definition) is 2. The smallest absolute Gasteiger partial charge is 0.242 e. The summed E-state index contributed by atoms with van der Waals surface area (Å²) >= 11 is 0. The summed E-state index contributed by atoms with van der Waals surface area (Å²) in [5.74, 6) is 0. The number of nitrogens with one attached hydrogen (secondary N) is 2. The monoisotopic (exact) mass is 312 g/mol. The topological polar surface area (TPSA) is 67.4 Å². The van der Waals surface area contributed by atoms with Crippen molar-refractivity contribution in [2.75, 3.05) is 18.5 Å². The third-order valence-corrected chi connectivity index (χ3v) is 5.09. The standard InChI is InChI=1S/C15H24N2O3S/c1-12(2)17-21(18,19)15-8-4-3-7-14(15)16-10-9-13-6-5-11-20-13/h3-4,7-8,12-13,16-17H,5-6,9-11H2,1-2H3. The van der Waals surface area contributed by atoms with E-state index in [-0.39, 0.29) is 6.04 Å². The van der Waals surface area contributed by atoms with Gasteiger partial charge < -0.3 is 10.1 Å². The van der Waals surface area contributed by atoms with Crippen molar-refractivity contribution < 1.29 is 13.2 Å². The average Bonchev–Trinajstić information content (AvgIpc) is 2.91. The molecule has 0 amide bonds. The molecular formula is C15H24N2O3S. The van der Waals surface area contributed by atoms with Crippen LogP contribution >= 0.6 is 0 Å². The molecule has 21 heavy (non-hydrogen) atoms. The van der Waals surface area contributed by atoms with Crippen LogP contribution in [0.25, 0.3) is 0 Å². The summed E-state index contributed by atoms with van der Waals surface area (Å²) in [5.41, 5.74) is 0.642. The number of hydrogen-bond acceptors (Lipinski definition) is 4. The Morgan fingerprint density at radius 1 is 1.33 bits per heavy atom. The van der Waals surface area contributed by atoms with E-state index in [1.165, 1.54) is 0 Å². The molecule has 1 aliphatic rings. The number of benzene rings is 1. The minimum atomic E-state index is -3.48. The van der Waals surface area contributed by atoms with Gasteiger partial charge in [0.1, 0.15) is 4.90 Å². The van der Waals surface area contributed by atoms with Gasteiger partial charge in [-0.05, 0) is 45.2 Å². The van der Waals surface area contributed by atoms with Crippen molar-refractivity contribution >= 4 is 15.7 Å². The highest BCUT2D eigenvalue weighted by atomic mass is 32.2. The zero-order chi connectivity index (χ0) is 15.3. The van der Waals surface area contributed by atoms with Crippen LogP contribution < -0.4 is 10.0 Å². The van der Waals surface area contributed by atoms with Crippen LogP contribution in [0.1, 0.15) is 33.1 Å². The van der Waals surface area contributed by atoms with E-state index in [2.05, 4.69) is 10.0 Å². The molecule has 1 atom stereocenters. The molecule has 0 spiro atoms. The molecule has 0 saturated carbocycles. The largest absolute Gasteiger partial charge is 0.384 e.